The first kappa shape index (κ1) is 19.3. The molecule has 0 aliphatic carbocycles. The van der Waals surface area contributed by atoms with Crippen molar-refractivity contribution < 1.29 is 17.6 Å². The Morgan fingerprint density at radius 3 is 2.48 bits per heavy atom. The number of anilines is 1. The molecule has 1 N–H and O–H groups in total. The lowest BCUT2D eigenvalue weighted by Crippen LogP contribution is -2.36. The van der Waals surface area contributed by atoms with Crippen molar-refractivity contribution >= 4 is 21.6 Å². The van der Waals surface area contributed by atoms with E-state index in [2.05, 4.69) is 5.32 Å². The van der Waals surface area contributed by atoms with Gasteiger partial charge < -0.3 is 5.32 Å². The minimum absolute atomic E-state index is 0.219. The van der Waals surface area contributed by atoms with Crippen LogP contribution in [-0.4, -0.2) is 25.2 Å². The number of benzene rings is 3. The third kappa shape index (κ3) is 4.06. The van der Waals surface area contributed by atoms with Crippen molar-refractivity contribution in [3.63, 3.8) is 0 Å². The predicted molar refractivity (Wildman–Crippen MR) is 109 cm³/mol. The van der Waals surface area contributed by atoms with E-state index in [1.54, 1.807) is 42.5 Å². The van der Waals surface area contributed by atoms with Gasteiger partial charge in [-0.15, -0.1) is 0 Å². The summed E-state index contributed by atoms with van der Waals surface area (Å²) in [5.41, 5.74) is 2.65. The summed E-state index contributed by atoms with van der Waals surface area (Å²) < 4.78 is 40.6. The van der Waals surface area contributed by atoms with E-state index in [0.29, 0.717) is 18.7 Å². The van der Waals surface area contributed by atoms with Gasteiger partial charge in [-0.3, -0.25) is 4.79 Å². The Balaban J connectivity index is 1.55. The molecule has 3 aromatic rings. The van der Waals surface area contributed by atoms with Crippen molar-refractivity contribution in [3.8, 4) is 0 Å². The number of carbonyl (C=O) groups is 1. The van der Waals surface area contributed by atoms with Crippen LogP contribution in [0.5, 0.6) is 0 Å². The quantitative estimate of drug-likeness (QED) is 0.711. The molecule has 1 heterocycles. The number of hydrogen-bond acceptors (Lipinski definition) is 3. The van der Waals surface area contributed by atoms with Crippen molar-refractivity contribution in [2.24, 2.45) is 0 Å². The summed E-state index contributed by atoms with van der Waals surface area (Å²) in [5.74, 6) is -0.904. The Bertz CT molecular complexity index is 1160. The smallest absolute Gasteiger partial charge is 0.255 e. The van der Waals surface area contributed by atoms with Crippen LogP contribution < -0.4 is 5.32 Å². The van der Waals surface area contributed by atoms with Gasteiger partial charge in [-0.2, -0.15) is 4.31 Å². The van der Waals surface area contributed by atoms with Crippen molar-refractivity contribution in [2.75, 3.05) is 11.9 Å². The summed E-state index contributed by atoms with van der Waals surface area (Å²) in [6.45, 7) is 0.634. The molecule has 0 bridgehead atoms. The summed E-state index contributed by atoms with van der Waals surface area (Å²) >= 11 is 0. The number of sulfonamides is 1. The zero-order valence-corrected chi connectivity index (χ0v) is 16.3. The van der Waals surface area contributed by atoms with Gasteiger partial charge in [0.1, 0.15) is 5.82 Å². The van der Waals surface area contributed by atoms with Crippen LogP contribution in [0.25, 0.3) is 0 Å². The van der Waals surface area contributed by atoms with Gasteiger partial charge in [-0.05, 0) is 60.0 Å². The average Bonchev–Trinajstić information content (AvgIpc) is 2.74. The topological polar surface area (TPSA) is 66.5 Å². The fourth-order valence-electron chi connectivity index (χ4n) is 3.39. The monoisotopic (exact) mass is 410 g/mol. The predicted octanol–water partition coefficient (Wildman–Crippen LogP) is 3.83. The zero-order chi connectivity index (χ0) is 20.4. The molecule has 0 fully saturated rings. The van der Waals surface area contributed by atoms with Gasteiger partial charge >= 0.3 is 0 Å². The molecule has 1 aliphatic rings. The highest BCUT2D eigenvalue weighted by molar-refractivity contribution is 7.89. The molecule has 148 valence electrons. The van der Waals surface area contributed by atoms with E-state index in [4.69, 9.17) is 0 Å². The van der Waals surface area contributed by atoms with Crippen LogP contribution in [0, 0.1) is 5.82 Å². The number of nitrogens with zero attached hydrogens (tertiary/aromatic N) is 1. The first-order valence-corrected chi connectivity index (χ1v) is 10.6. The number of fused-ring (bicyclic) bond motifs is 1. The van der Waals surface area contributed by atoms with Crippen molar-refractivity contribution in [1.29, 1.82) is 0 Å². The molecule has 0 saturated heterocycles. The lowest BCUT2D eigenvalue weighted by atomic mass is 10.0. The number of nitrogens with one attached hydrogen (secondary N) is 1. The van der Waals surface area contributed by atoms with Gasteiger partial charge in [-0.1, -0.05) is 30.3 Å². The molecule has 1 amide bonds. The number of amides is 1. The summed E-state index contributed by atoms with van der Waals surface area (Å²) in [6, 6.07) is 19.2. The molecular formula is C22H19FN2O3S. The first-order valence-electron chi connectivity index (χ1n) is 9.17. The van der Waals surface area contributed by atoms with Crippen LogP contribution in [0.2, 0.25) is 0 Å². The third-order valence-electron chi connectivity index (χ3n) is 4.91. The molecule has 29 heavy (non-hydrogen) atoms. The van der Waals surface area contributed by atoms with E-state index < -0.39 is 21.7 Å². The highest BCUT2D eigenvalue weighted by atomic mass is 32.2. The van der Waals surface area contributed by atoms with Crippen molar-refractivity contribution in [1.82, 2.24) is 4.31 Å². The first-order chi connectivity index (χ1) is 13.9. The highest BCUT2D eigenvalue weighted by Gasteiger charge is 2.28. The lowest BCUT2D eigenvalue weighted by Gasteiger charge is -2.28. The van der Waals surface area contributed by atoms with Crippen LogP contribution in [0.3, 0.4) is 0 Å². The minimum Gasteiger partial charge on any atom is -0.322 e. The Kier molecular flexibility index (Phi) is 5.17. The average molecular weight is 410 g/mol. The van der Waals surface area contributed by atoms with Crippen molar-refractivity contribution in [3.05, 3.63) is 95.3 Å². The van der Waals surface area contributed by atoms with E-state index >= 15 is 0 Å². The van der Waals surface area contributed by atoms with Crippen LogP contribution in [0.15, 0.2) is 77.7 Å². The van der Waals surface area contributed by atoms with E-state index in [1.807, 2.05) is 6.07 Å². The maximum Gasteiger partial charge on any atom is 0.255 e. The van der Waals surface area contributed by atoms with Crippen LogP contribution in [0.4, 0.5) is 10.1 Å². The molecular weight excluding hydrogens is 391 g/mol. The molecule has 0 aromatic heterocycles. The number of halogens is 1. The Hall–Kier alpha value is -3.03. The van der Waals surface area contributed by atoms with Gasteiger partial charge in [0.25, 0.3) is 5.91 Å². The van der Waals surface area contributed by atoms with Crippen LogP contribution in [-0.2, 0) is 23.0 Å². The van der Waals surface area contributed by atoms with Gasteiger partial charge in [-0.25, -0.2) is 12.8 Å². The second kappa shape index (κ2) is 7.77. The van der Waals surface area contributed by atoms with Gasteiger partial charge in [0.2, 0.25) is 10.0 Å². The number of hydrogen-bond donors (Lipinski definition) is 1. The largest absolute Gasteiger partial charge is 0.322 e. The molecule has 0 spiro atoms. The van der Waals surface area contributed by atoms with Crippen LogP contribution in [0.1, 0.15) is 21.5 Å². The zero-order valence-electron chi connectivity index (χ0n) is 15.5. The Morgan fingerprint density at radius 2 is 1.72 bits per heavy atom. The molecule has 7 heteroatoms. The third-order valence-corrected chi connectivity index (χ3v) is 6.77. The van der Waals surface area contributed by atoms with Gasteiger partial charge in [0.05, 0.1) is 4.90 Å². The standard InChI is InChI=1S/C22H19FN2O3S/c23-19-6-4-5-17(13-19)22(26)24-20-10-9-16-11-12-25(15-18(16)14-20)29(27,28)21-7-2-1-3-8-21/h1-10,13-14H,11-12,15H2,(H,24,26). The Morgan fingerprint density at radius 1 is 0.931 bits per heavy atom. The maximum atomic E-state index is 13.3. The summed E-state index contributed by atoms with van der Waals surface area (Å²) in [7, 11) is -3.58. The molecule has 0 atom stereocenters. The fraction of sp³-hybridized carbons (Fsp3) is 0.136. The molecule has 0 radical (unpaired) electrons. The SMILES string of the molecule is O=C(Nc1ccc2c(c1)CN(S(=O)(=O)c1ccccc1)CC2)c1cccc(F)c1. The Labute approximate surface area is 168 Å². The van der Waals surface area contributed by atoms with Gasteiger partial charge in [0, 0.05) is 24.3 Å². The van der Waals surface area contributed by atoms with Gasteiger partial charge in [0.15, 0.2) is 0 Å². The molecule has 3 aromatic carbocycles. The van der Waals surface area contributed by atoms with E-state index in [-0.39, 0.29) is 17.0 Å². The summed E-state index contributed by atoms with van der Waals surface area (Å²) in [6.07, 6.45) is 0.597. The molecule has 1 aliphatic heterocycles. The number of carbonyl (C=O) groups excluding carboxylic acids is 1. The van der Waals surface area contributed by atoms with E-state index in [1.165, 1.54) is 28.6 Å². The molecule has 5 nitrogen and oxygen atoms in total. The van der Waals surface area contributed by atoms with E-state index in [9.17, 15) is 17.6 Å². The lowest BCUT2D eigenvalue weighted by molar-refractivity contribution is 0.102. The molecule has 0 saturated carbocycles. The summed E-state index contributed by atoms with van der Waals surface area (Å²) in [4.78, 5) is 12.6. The summed E-state index contributed by atoms with van der Waals surface area (Å²) in [5, 5.41) is 2.75. The molecule has 0 unspecified atom stereocenters. The second-order valence-electron chi connectivity index (χ2n) is 6.85. The second-order valence-corrected chi connectivity index (χ2v) is 8.79. The maximum absolute atomic E-state index is 13.3. The highest BCUT2D eigenvalue weighted by Crippen LogP contribution is 2.27. The van der Waals surface area contributed by atoms with Crippen LogP contribution >= 0.6 is 0 Å². The minimum atomic E-state index is -3.58. The number of rotatable bonds is 4. The normalized spacial score (nSPS) is 14.2. The molecule has 4 rings (SSSR count). The van der Waals surface area contributed by atoms with Crippen molar-refractivity contribution in [2.45, 2.75) is 17.9 Å². The fourth-order valence-corrected chi connectivity index (χ4v) is 4.83. The van der Waals surface area contributed by atoms with E-state index in [0.717, 1.165) is 11.1 Å².